The Morgan fingerprint density at radius 1 is 0.893 bits per heavy atom. The third kappa shape index (κ3) is 2.88. The minimum Gasteiger partial charge on any atom is -0.448 e. The molecule has 2 aliphatic rings. The average molecular weight is 376 g/mol. The van der Waals surface area contributed by atoms with Crippen LogP contribution in [0.1, 0.15) is 79.9 Å². The fourth-order valence-corrected chi connectivity index (χ4v) is 4.74. The summed E-state index contributed by atoms with van der Waals surface area (Å²) >= 11 is 0. The highest BCUT2D eigenvalue weighted by Gasteiger charge is 2.52. The maximum atomic E-state index is 13.2. The fraction of sp³-hybridized carbons (Fsp3) is 0.440. The molecule has 0 bridgehead atoms. The number of carbonyl (C=O) groups is 2. The second-order valence-electron chi connectivity index (χ2n) is 9.13. The lowest BCUT2D eigenvalue weighted by Gasteiger charge is -2.47. The smallest absolute Gasteiger partial charge is 0.312 e. The molecular formula is C25H28O3. The summed E-state index contributed by atoms with van der Waals surface area (Å²) in [7, 11) is 0. The first-order chi connectivity index (χ1) is 13.4. The van der Waals surface area contributed by atoms with Crippen molar-refractivity contribution in [2.75, 3.05) is 0 Å². The highest BCUT2D eigenvalue weighted by atomic mass is 16.6. The molecule has 2 aromatic carbocycles. The molecule has 2 aromatic rings. The van der Waals surface area contributed by atoms with Gasteiger partial charge in [-0.15, -0.1) is 0 Å². The Balaban J connectivity index is 2.00. The van der Waals surface area contributed by atoms with Gasteiger partial charge in [-0.2, -0.15) is 0 Å². The van der Waals surface area contributed by atoms with Gasteiger partial charge in [0.2, 0.25) is 0 Å². The summed E-state index contributed by atoms with van der Waals surface area (Å²) in [6.07, 6.45) is 5.44. The first-order valence-corrected chi connectivity index (χ1v) is 10.3. The van der Waals surface area contributed by atoms with Crippen LogP contribution in [-0.4, -0.2) is 11.8 Å². The van der Waals surface area contributed by atoms with Crippen LogP contribution in [0, 0.1) is 11.3 Å². The third-order valence-electron chi connectivity index (χ3n) is 6.19. The number of fused-ring (bicyclic) bond motifs is 2. The van der Waals surface area contributed by atoms with Crippen LogP contribution < -0.4 is 0 Å². The zero-order valence-electron chi connectivity index (χ0n) is 17.0. The van der Waals surface area contributed by atoms with Gasteiger partial charge in [0.15, 0.2) is 11.4 Å². The quantitative estimate of drug-likeness (QED) is 0.637. The van der Waals surface area contributed by atoms with Crippen LogP contribution in [0.25, 0.3) is 0 Å². The van der Waals surface area contributed by atoms with Gasteiger partial charge >= 0.3 is 5.97 Å². The van der Waals surface area contributed by atoms with E-state index in [-0.39, 0.29) is 17.7 Å². The number of ketones is 1. The largest absolute Gasteiger partial charge is 0.448 e. The van der Waals surface area contributed by atoms with Gasteiger partial charge < -0.3 is 4.74 Å². The number of rotatable bonds is 2. The molecule has 146 valence electrons. The van der Waals surface area contributed by atoms with Crippen molar-refractivity contribution >= 4 is 11.8 Å². The highest BCUT2D eigenvalue weighted by Crippen LogP contribution is 2.52. The molecule has 0 amide bonds. The minimum absolute atomic E-state index is 0.0180. The Hall–Kier alpha value is -2.42. The van der Waals surface area contributed by atoms with Gasteiger partial charge in [-0.1, -0.05) is 67.8 Å². The standard InChI is InChI=1S/C25H28O3/c1-24(2,3)23(27)28-25(17-11-5-4-6-12-17)20-15-9-7-13-18(20)22(26)19-14-8-10-16-21(19)25/h7-10,13-17H,4-6,11-12H2,1-3H3. The van der Waals surface area contributed by atoms with Crippen molar-refractivity contribution in [1.82, 2.24) is 0 Å². The van der Waals surface area contributed by atoms with E-state index in [1.807, 2.05) is 69.3 Å². The van der Waals surface area contributed by atoms with Gasteiger partial charge in [0.1, 0.15) is 0 Å². The van der Waals surface area contributed by atoms with Crippen molar-refractivity contribution in [3.63, 3.8) is 0 Å². The number of ether oxygens (including phenoxy) is 1. The van der Waals surface area contributed by atoms with Gasteiger partial charge in [-0.25, -0.2) is 0 Å². The lowest BCUT2D eigenvalue weighted by Crippen LogP contribution is -2.48. The van der Waals surface area contributed by atoms with Crippen molar-refractivity contribution < 1.29 is 14.3 Å². The second-order valence-corrected chi connectivity index (χ2v) is 9.13. The van der Waals surface area contributed by atoms with Crippen molar-refractivity contribution in [2.45, 2.75) is 58.5 Å². The van der Waals surface area contributed by atoms with Crippen LogP contribution in [0.15, 0.2) is 48.5 Å². The number of carbonyl (C=O) groups excluding carboxylic acids is 2. The summed E-state index contributed by atoms with van der Waals surface area (Å²) in [5.41, 5.74) is 1.51. The van der Waals surface area contributed by atoms with Crippen LogP contribution in [-0.2, 0) is 15.1 Å². The number of hydrogen-bond acceptors (Lipinski definition) is 3. The molecule has 0 aromatic heterocycles. The zero-order chi connectivity index (χ0) is 19.9. The SMILES string of the molecule is CC(C)(C)C(=O)OC1(C2CCCCC2)c2ccccc2C(=O)c2ccccc21. The van der Waals surface area contributed by atoms with E-state index in [0.29, 0.717) is 11.1 Å². The summed E-state index contributed by atoms with van der Waals surface area (Å²) in [6.45, 7) is 5.65. The minimum atomic E-state index is -0.897. The summed E-state index contributed by atoms with van der Waals surface area (Å²) in [4.78, 5) is 26.4. The molecule has 3 nitrogen and oxygen atoms in total. The molecule has 0 radical (unpaired) electrons. The topological polar surface area (TPSA) is 43.4 Å². The molecular weight excluding hydrogens is 348 g/mol. The van der Waals surface area contributed by atoms with Gasteiger partial charge in [0, 0.05) is 28.2 Å². The Morgan fingerprint density at radius 2 is 1.39 bits per heavy atom. The lowest BCUT2D eigenvalue weighted by molar-refractivity contribution is -0.174. The van der Waals surface area contributed by atoms with Crippen LogP contribution in [0.3, 0.4) is 0 Å². The maximum Gasteiger partial charge on any atom is 0.312 e. The summed E-state index contributed by atoms with van der Waals surface area (Å²) in [6, 6.07) is 15.4. The van der Waals surface area contributed by atoms with E-state index in [2.05, 4.69) is 0 Å². The van der Waals surface area contributed by atoms with Crippen molar-refractivity contribution in [2.24, 2.45) is 11.3 Å². The van der Waals surface area contributed by atoms with E-state index >= 15 is 0 Å². The summed E-state index contributed by atoms with van der Waals surface area (Å²) < 4.78 is 6.49. The molecule has 1 fully saturated rings. The molecule has 1 saturated carbocycles. The number of esters is 1. The molecule has 0 unspecified atom stereocenters. The van der Waals surface area contributed by atoms with Gasteiger partial charge in [-0.3, -0.25) is 9.59 Å². The van der Waals surface area contributed by atoms with Crippen LogP contribution in [0.5, 0.6) is 0 Å². The molecule has 0 atom stereocenters. The third-order valence-corrected chi connectivity index (χ3v) is 6.19. The average Bonchev–Trinajstić information content (AvgIpc) is 2.71. The first-order valence-electron chi connectivity index (χ1n) is 10.3. The monoisotopic (exact) mass is 376 g/mol. The lowest BCUT2D eigenvalue weighted by atomic mass is 9.64. The normalized spacial score (nSPS) is 18.9. The number of benzene rings is 2. The van der Waals surface area contributed by atoms with Gasteiger partial charge in [-0.05, 0) is 33.6 Å². The molecule has 0 heterocycles. The van der Waals surface area contributed by atoms with Crippen molar-refractivity contribution in [3.8, 4) is 0 Å². The van der Waals surface area contributed by atoms with Crippen molar-refractivity contribution in [3.05, 3.63) is 70.8 Å². The van der Waals surface area contributed by atoms with E-state index in [4.69, 9.17) is 4.74 Å². The number of hydrogen-bond donors (Lipinski definition) is 0. The fourth-order valence-electron chi connectivity index (χ4n) is 4.74. The second kappa shape index (κ2) is 6.88. The zero-order valence-corrected chi connectivity index (χ0v) is 17.0. The summed E-state index contributed by atoms with van der Waals surface area (Å²) in [5, 5.41) is 0. The molecule has 28 heavy (non-hydrogen) atoms. The predicted molar refractivity (Wildman–Crippen MR) is 109 cm³/mol. The first kappa shape index (κ1) is 18.9. The Morgan fingerprint density at radius 3 is 1.89 bits per heavy atom. The molecule has 0 spiro atoms. The van der Waals surface area contributed by atoms with Crippen LogP contribution in [0.2, 0.25) is 0 Å². The Kier molecular flexibility index (Phi) is 4.65. The predicted octanol–water partition coefficient (Wildman–Crippen LogP) is 5.64. The van der Waals surface area contributed by atoms with Gasteiger partial charge in [0.25, 0.3) is 0 Å². The molecule has 0 aliphatic heterocycles. The van der Waals surface area contributed by atoms with Crippen LogP contribution >= 0.6 is 0 Å². The Labute approximate surface area is 167 Å². The van der Waals surface area contributed by atoms with E-state index in [1.54, 1.807) is 0 Å². The molecule has 0 N–H and O–H groups in total. The van der Waals surface area contributed by atoms with Crippen LogP contribution in [0.4, 0.5) is 0 Å². The highest BCUT2D eigenvalue weighted by molar-refractivity contribution is 6.13. The van der Waals surface area contributed by atoms with E-state index in [9.17, 15) is 9.59 Å². The molecule has 2 aliphatic carbocycles. The molecule has 0 saturated heterocycles. The van der Waals surface area contributed by atoms with Gasteiger partial charge in [0.05, 0.1) is 5.41 Å². The van der Waals surface area contributed by atoms with Crippen molar-refractivity contribution in [1.29, 1.82) is 0 Å². The maximum absolute atomic E-state index is 13.2. The molecule has 4 rings (SSSR count). The van der Waals surface area contributed by atoms with E-state index in [1.165, 1.54) is 6.42 Å². The van der Waals surface area contributed by atoms with E-state index in [0.717, 1.165) is 36.8 Å². The summed E-state index contributed by atoms with van der Waals surface area (Å²) in [5.74, 6) is -0.0376. The molecule has 3 heteroatoms. The van der Waals surface area contributed by atoms with E-state index < -0.39 is 11.0 Å². The Bertz CT molecular complexity index is 864.